The number of pyridine rings is 1. The number of nitrogens with zero attached hydrogens (tertiary/aromatic N) is 4. The molecular formula is C22H25FN6O2. The Morgan fingerprint density at radius 3 is 2.45 bits per heavy atom. The van der Waals surface area contributed by atoms with E-state index in [1.54, 1.807) is 0 Å². The van der Waals surface area contributed by atoms with Crippen LogP contribution in [0.2, 0.25) is 0 Å². The summed E-state index contributed by atoms with van der Waals surface area (Å²) in [6.45, 7) is 6.78. The van der Waals surface area contributed by atoms with Crippen LogP contribution in [-0.4, -0.2) is 64.4 Å². The molecule has 31 heavy (non-hydrogen) atoms. The van der Waals surface area contributed by atoms with Crippen molar-refractivity contribution < 1.29 is 14.0 Å². The Hall–Kier alpha value is -3.46. The SMILES string of the molecule is CCN(CCNC(=O)c1ccnc(F)c1)CCNC(=O)c1cnc2cc(C)ccc2n1. The molecule has 1 aromatic carbocycles. The van der Waals surface area contributed by atoms with Crippen molar-refractivity contribution in [3.8, 4) is 0 Å². The summed E-state index contributed by atoms with van der Waals surface area (Å²) >= 11 is 0. The molecule has 0 atom stereocenters. The van der Waals surface area contributed by atoms with Crippen LogP contribution in [-0.2, 0) is 0 Å². The lowest BCUT2D eigenvalue weighted by Crippen LogP contribution is -2.39. The summed E-state index contributed by atoms with van der Waals surface area (Å²) in [7, 11) is 0. The molecule has 8 nitrogen and oxygen atoms in total. The Kier molecular flexibility index (Phi) is 7.55. The molecule has 0 aliphatic heterocycles. The standard InChI is InChI=1S/C22H25FN6O2/c1-3-29(10-8-25-21(30)16-6-7-24-20(23)13-16)11-9-26-22(31)19-14-27-18-12-15(2)4-5-17(18)28-19/h4-7,12-14H,3,8-11H2,1-2H3,(H,25,30)(H,26,31). The number of hydrogen-bond donors (Lipinski definition) is 2. The van der Waals surface area contributed by atoms with E-state index in [9.17, 15) is 14.0 Å². The number of benzene rings is 1. The molecule has 0 fully saturated rings. The zero-order chi connectivity index (χ0) is 22.2. The van der Waals surface area contributed by atoms with Gasteiger partial charge in [0.2, 0.25) is 5.95 Å². The van der Waals surface area contributed by atoms with Crippen molar-refractivity contribution in [1.29, 1.82) is 0 Å². The zero-order valence-corrected chi connectivity index (χ0v) is 17.6. The van der Waals surface area contributed by atoms with Gasteiger partial charge in [-0.3, -0.25) is 14.6 Å². The third-order valence-corrected chi connectivity index (χ3v) is 4.79. The number of amides is 2. The fourth-order valence-electron chi connectivity index (χ4n) is 3.05. The minimum atomic E-state index is -0.690. The minimum absolute atomic E-state index is 0.231. The van der Waals surface area contributed by atoms with Crippen molar-refractivity contribution in [3.05, 3.63) is 65.5 Å². The van der Waals surface area contributed by atoms with Crippen LogP contribution >= 0.6 is 0 Å². The highest BCUT2D eigenvalue weighted by molar-refractivity contribution is 5.94. The largest absolute Gasteiger partial charge is 0.351 e. The smallest absolute Gasteiger partial charge is 0.271 e. The number of nitrogens with one attached hydrogen (secondary N) is 2. The first-order valence-electron chi connectivity index (χ1n) is 10.1. The summed E-state index contributed by atoms with van der Waals surface area (Å²) in [5, 5.41) is 5.61. The van der Waals surface area contributed by atoms with Gasteiger partial charge >= 0.3 is 0 Å². The van der Waals surface area contributed by atoms with Crippen molar-refractivity contribution in [2.75, 3.05) is 32.7 Å². The van der Waals surface area contributed by atoms with Crippen molar-refractivity contribution >= 4 is 22.8 Å². The van der Waals surface area contributed by atoms with Crippen LogP contribution in [0.4, 0.5) is 4.39 Å². The van der Waals surface area contributed by atoms with Gasteiger partial charge in [-0.05, 0) is 37.2 Å². The first-order valence-corrected chi connectivity index (χ1v) is 10.1. The van der Waals surface area contributed by atoms with Crippen LogP contribution < -0.4 is 10.6 Å². The van der Waals surface area contributed by atoms with E-state index in [1.807, 2.05) is 32.0 Å². The van der Waals surface area contributed by atoms with E-state index < -0.39 is 5.95 Å². The Balaban J connectivity index is 1.43. The number of fused-ring (bicyclic) bond motifs is 1. The van der Waals surface area contributed by atoms with Crippen molar-refractivity contribution in [2.24, 2.45) is 0 Å². The highest BCUT2D eigenvalue weighted by Crippen LogP contribution is 2.11. The summed E-state index contributed by atoms with van der Waals surface area (Å²) in [6, 6.07) is 8.26. The fourth-order valence-corrected chi connectivity index (χ4v) is 3.05. The molecule has 0 unspecified atom stereocenters. The Bertz CT molecular complexity index is 1070. The highest BCUT2D eigenvalue weighted by Gasteiger charge is 2.11. The number of carbonyl (C=O) groups excluding carboxylic acids is 2. The molecule has 0 saturated carbocycles. The molecule has 2 heterocycles. The maximum absolute atomic E-state index is 13.1. The van der Waals surface area contributed by atoms with E-state index in [0.717, 1.165) is 23.7 Å². The monoisotopic (exact) mass is 424 g/mol. The van der Waals surface area contributed by atoms with Gasteiger partial charge in [0.15, 0.2) is 0 Å². The molecule has 3 aromatic rings. The summed E-state index contributed by atoms with van der Waals surface area (Å²) < 4.78 is 13.1. The Morgan fingerprint density at radius 1 is 1.00 bits per heavy atom. The van der Waals surface area contributed by atoms with Gasteiger partial charge in [0, 0.05) is 44.0 Å². The molecule has 0 spiro atoms. The lowest BCUT2D eigenvalue weighted by molar-refractivity contribution is 0.0943. The highest BCUT2D eigenvalue weighted by atomic mass is 19.1. The van der Waals surface area contributed by atoms with Gasteiger partial charge in [-0.2, -0.15) is 4.39 Å². The molecule has 0 aliphatic rings. The number of hydrogen-bond acceptors (Lipinski definition) is 6. The molecule has 2 amide bonds. The normalized spacial score (nSPS) is 11.0. The zero-order valence-electron chi connectivity index (χ0n) is 17.6. The number of aryl methyl sites for hydroxylation is 1. The summed E-state index contributed by atoms with van der Waals surface area (Å²) in [5.74, 6) is -1.32. The fraction of sp³-hybridized carbons (Fsp3) is 0.318. The average molecular weight is 424 g/mol. The molecule has 0 radical (unpaired) electrons. The average Bonchev–Trinajstić information content (AvgIpc) is 2.77. The second-order valence-electron chi connectivity index (χ2n) is 7.06. The van der Waals surface area contributed by atoms with Crippen molar-refractivity contribution in [3.63, 3.8) is 0 Å². The Labute approximate surface area is 179 Å². The van der Waals surface area contributed by atoms with Gasteiger partial charge in [-0.15, -0.1) is 0 Å². The van der Waals surface area contributed by atoms with Crippen molar-refractivity contribution in [1.82, 2.24) is 30.5 Å². The van der Waals surface area contributed by atoms with Crippen LogP contribution in [0.1, 0.15) is 33.3 Å². The topological polar surface area (TPSA) is 100 Å². The van der Waals surface area contributed by atoms with Gasteiger partial charge in [0.05, 0.1) is 17.2 Å². The van der Waals surface area contributed by atoms with Gasteiger partial charge in [0.1, 0.15) is 5.69 Å². The quantitative estimate of drug-likeness (QED) is 0.510. The van der Waals surface area contributed by atoms with Crippen LogP contribution in [0, 0.1) is 12.9 Å². The molecule has 0 saturated heterocycles. The molecule has 0 aliphatic carbocycles. The summed E-state index contributed by atoms with van der Waals surface area (Å²) in [5.41, 5.74) is 3.03. The summed E-state index contributed by atoms with van der Waals surface area (Å²) in [4.78, 5) is 38.6. The van der Waals surface area contributed by atoms with Crippen LogP contribution in [0.5, 0.6) is 0 Å². The summed E-state index contributed by atoms with van der Waals surface area (Å²) in [6.07, 6.45) is 2.73. The minimum Gasteiger partial charge on any atom is -0.351 e. The van der Waals surface area contributed by atoms with Gasteiger partial charge in [0.25, 0.3) is 11.8 Å². The molecule has 3 rings (SSSR count). The van der Waals surface area contributed by atoms with Crippen LogP contribution in [0.15, 0.2) is 42.7 Å². The maximum Gasteiger partial charge on any atom is 0.271 e. The van der Waals surface area contributed by atoms with Crippen LogP contribution in [0.3, 0.4) is 0 Å². The lowest BCUT2D eigenvalue weighted by atomic mass is 10.2. The molecule has 162 valence electrons. The number of carbonyl (C=O) groups is 2. The van der Waals surface area contributed by atoms with E-state index in [1.165, 1.54) is 18.5 Å². The number of aromatic nitrogens is 3. The number of halogens is 1. The van der Waals surface area contributed by atoms with E-state index >= 15 is 0 Å². The molecular weight excluding hydrogens is 399 g/mol. The van der Waals surface area contributed by atoms with Crippen LogP contribution in [0.25, 0.3) is 11.0 Å². The lowest BCUT2D eigenvalue weighted by Gasteiger charge is -2.20. The van der Waals surface area contributed by atoms with E-state index in [0.29, 0.717) is 31.7 Å². The molecule has 9 heteroatoms. The van der Waals surface area contributed by atoms with E-state index in [-0.39, 0.29) is 23.1 Å². The molecule has 2 aromatic heterocycles. The van der Waals surface area contributed by atoms with Gasteiger partial charge < -0.3 is 15.5 Å². The predicted octanol–water partition coefficient (Wildman–Crippen LogP) is 1.95. The maximum atomic E-state index is 13.1. The first kappa shape index (κ1) is 22.2. The Morgan fingerprint density at radius 2 is 1.74 bits per heavy atom. The third-order valence-electron chi connectivity index (χ3n) is 4.79. The van der Waals surface area contributed by atoms with Gasteiger partial charge in [-0.25, -0.2) is 9.97 Å². The third kappa shape index (κ3) is 6.26. The van der Waals surface area contributed by atoms with E-state index in [4.69, 9.17) is 0 Å². The van der Waals surface area contributed by atoms with Gasteiger partial charge in [-0.1, -0.05) is 13.0 Å². The number of rotatable bonds is 9. The second-order valence-corrected chi connectivity index (χ2v) is 7.06. The predicted molar refractivity (Wildman–Crippen MR) is 115 cm³/mol. The van der Waals surface area contributed by atoms with Crippen molar-refractivity contribution in [2.45, 2.75) is 13.8 Å². The van der Waals surface area contributed by atoms with E-state index in [2.05, 4.69) is 30.5 Å². The second kappa shape index (κ2) is 10.5. The first-order chi connectivity index (χ1) is 15.0. The molecule has 0 bridgehead atoms. The molecule has 2 N–H and O–H groups in total. The number of likely N-dealkylation sites (N-methyl/N-ethyl adjacent to an activating group) is 1.